The van der Waals surface area contributed by atoms with Gasteiger partial charge in [-0.25, -0.2) is 0 Å². The first-order chi connectivity index (χ1) is 6.53. The molecule has 0 aromatic heterocycles. The molecule has 0 heterocycles. The number of ether oxygens (including phenoxy) is 1. The molecular weight excluding hydrogens is 200 g/mol. The molecule has 0 aliphatic heterocycles. The molecule has 14 heavy (non-hydrogen) atoms. The van der Waals surface area contributed by atoms with Gasteiger partial charge in [-0.2, -0.15) is 0 Å². The van der Waals surface area contributed by atoms with Crippen molar-refractivity contribution in [2.75, 3.05) is 7.11 Å². The summed E-state index contributed by atoms with van der Waals surface area (Å²) in [6, 6.07) is 5.40. The molecule has 0 amide bonds. The average Bonchev–Trinajstić information content (AvgIpc) is 2.17. The molecule has 3 heteroatoms. The Morgan fingerprint density at radius 2 is 2.07 bits per heavy atom. The maximum absolute atomic E-state index is 10.9. The Labute approximate surface area is 88.8 Å². The molecule has 0 atom stereocenters. The number of aldehydes is 1. The molecule has 0 saturated heterocycles. The molecule has 1 aromatic carbocycles. The Morgan fingerprint density at radius 1 is 1.43 bits per heavy atom. The van der Waals surface area contributed by atoms with E-state index in [1.807, 2.05) is 26.0 Å². The maximum Gasteiger partial charge on any atom is 0.141 e. The van der Waals surface area contributed by atoms with Gasteiger partial charge in [0.1, 0.15) is 12.0 Å². The van der Waals surface area contributed by atoms with E-state index < -0.39 is 5.41 Å². The highest BCUT2D eigenvalue weighted by molar-refractivity contribution is 6.32. The molecule has 0 N–H and O–H groups in total. The molecular formula is C11H13ClO2. The first-order valence-electron chi connectivity index (χ1n) is 4.32. The van der Waals surface area contributed by atoms with Crippen LogP contribution >= 0.6 is 11.6 Å². The second-order valence-electron chi connectivity index (χ2n) is 3.66. The van der Waals surface area contributed by atoms with Crippen molar-refractivity contribution >= 4 is 17.9 Å². The summed E-state index contributed by atoms with van der Waals surface area (Å²) in [5, 5.41) is 0.528. The number of halogens is 1. The fraction of sp³-hybridized carbons (Fsp3) is 0.364. The SMILES string of the molecule is COc1c(Cl)cccc1C(C)(C)C=O. The van der Waals surface area contributed by atoms with Crippen molar-refractivity contribution in [2.24, 2.45) is 0 Å². The van der Waals surface area contributed by atoms with Crippen molar-refractivity contribution in [1.29, 1.82) is 0 Å². The predicted molar refractivity (Wildman–Crippen MR) is 57.1 cm³/mol. The van der Waals surface area contributed by atoms with Gasteiger partial charge in [0.2, 0.25) is 0 Å². The number of methoxy groups -OCH3 is 1. The van der Waals surface area contributed by atoms with Gasteiger partial charge in [0, 0.05) is 11.0 Å². The third kappa shape index (κ3) is 1.90. The van der Waals surface area contributed by atoms with Crippen LogP contribution in [0.2, 0.25) is 5.02 Å². The summed E-state index contributed by atoms with van der Waals surface area (Å²) < 4.78 is 5.17. The fourth-order valence-corrected chi connectivity index (χ4v) is 1.54. The minimum Gasteiger partial charge on any atom is -0.495 e. The van der Waals surface area contributed by atoms with Crippen LogP contribution < -0.4 is 4.74 Å². The molecule has 0 bridgehead atoms. The first kappa shape index (κ1) is 11.1. The van der Waals surface area contributed by atoms with E-state index in [0.29, 0.717) is 10.8 Å². The molecule has 0 radical (unpaired) electrons. The molecule has 0 aliphatic rings. The summed E-state index contributed by atoms with van der Waals surface area (Å²) in [6.45, 7) is 3.66. The molecule has 0 fully saturated rings. The van der Waals surface area contributed by atoms with Crippen molar-refractivity contribution in [1.82, 2.24) is 0 Å². The van der Waals surface area contributed by atoms with Gasteiger partial charge in [-0.3, -0.25) is 0 Å². The van der Waals surface area contributed by atoms with Gasteiger partial charge in [-0.05, 0) is 19.9 Å². The van der Waals surface area contributed by atoms with Gasteiger partial charge in [0.05, 0.1) is 12.1 Å². The number of para-hydroxylation sites is 1. The predicted octanol–water partition coefficient (Wildman–Crippen LogP) is 2.83. The maximum atomic E-state index is 10.9. The molecule has 0 aliphatic carbocycles. The van der Waals surface area contributed by atoms with Gasteiger partial charge in [0.15, 0.2) is 0 Å². The van der Waals surface area contributed by atoms with Crippen LogP contribution in [0.3, 0.4) is 0 Å². The molecule has 2 nitrogen and oxygen atoms in total. The average molecular weight is 213 g/mol. The van der Waals surface area contributed by atoms with E-state index in [4.69, 9.17) is 16.3 Å². The normalized spacial score (nSPS) is 11.1. The van der Waals surface area contributed by atoms with Gasteiger partial charge in [0.25, 0.3) is 0 Å². The number of rotatable bonds is 3. The van der Waals surface area contributed by atoms with Crippen LogP contribution in [0.15, 0.2) is 18.2 Å². The van der Waals surface area contributed by atoms with Crippen molar-refractivity contribution in [2.45, 2.75) is 19.3 Å². The van der Waals surface area contributed by atoms with E-state index in [2.05, 4.69) is 0 Å². The van der Waals surface area contributed by atoms with E-state index in [1.54, 1.807) is 13.2 Å². The molecule has 76 valence electrons. The Balaban J connectivity index is 3.34. The largest absolute Gasteiger partial charge is 0.495 e. The third-order valence-electron chi connectivity index (χ3n) is 2.16. The summed E-state index contributed by atoms with van der Waals surface area (Å²) >= 11 is 5.95. The van der Waals surface area contributed by atoms with E-state index >= 15 is 0 Å². The lowest BCUT2D eigenvalue weighted by molar-refractivity contribution is -0.111. The minimum absolute atomic E-state index is 0.528. The molecule has 0 unspecified atom stereocenters. The van der Waals surface area contributed by atoms with E-state index in [1.165, 1.54) is 0 Å². The smallest absolute Gasteiger partial charge is 0.141 e. The van der Waals surface area contributed by atoms with Gasteiger partial charge in [-0.15, -0.1) is 0 Å². The highest BCUT2D eigenvalue weighted by Gasteiger charge is 2.24. The summed E-state index contributed by atoms with van der Waals surface area (Å²) in [5.41, 5.74) is 0.235. The summed E-state index contributed by atoms with van der Waals surface area (Å²) in [6.07, 6.45) is 0.890. The third-order valence-corrected chi connectivity index (χ3v) is 2.46. The Hall–Kier alpha value is -1.02. The van der Waals surface area contributed by atoms with Gasteiger partial charge in [-0.1, -0.05) is 23.7 Å². The molecule has 0 saturated carbocycles. The lowest BCUT2D eigenvalue weighted by atomic mass is 9.86. The zero-order valence-corrected chi connectivity index (χ0v) is 9.26. The fourth-order valence-electron chi connectivity index (χ4n) is 1.29. The quantitative estimate of drug-likeness (QED) is 0.721. The standard InChI is InChI=1S/C11H13ClO2/c1-11(2,7-13)8-5-4-6-9(12)10(8)14-3/h4-7H,1-3H3. The van der Waals surface area contributed by atoms with Crippen molar-refractivity contribution in [3.8, 4) is 5.75 Å². The zero-order valence-electron chi connectivity index (χ0n) is 8.50. The van der Waals surface area contributed by atoms with Crippen molar-refractivity contribution in [3.63, 3.8) is 0 Å². The van der Waals surface area contributed by atoms with Crippen molar-refractivity contribution in [3.05, 3.63) is 28.8 Å². The first-order valence-corrected chi connectivity index (χ1v) is 4.70. The highest BCUT2D eigenvalue weighted by atomic mass is 35.5. The molecule has 1 aromatic rings. The van der Waals surface area contributed by atoms with Crippen molar-refractivity contribution < 1.29 is 9.53 Å². The minimum atomic E-state index is -0.573. The van der Waals surface area contributed by atoms with Gasteiger partial charge < -0.3 is 9.53 Å². The van der Waals surface area contributed by atoms with Crippen LogP contribution in [-0.4, -0.2) is 13.4 Å². The lowest BCUT2D eigenvalue weighted by Crippen LogP contribution is -2.19. The summed E-state index contributed by atoms with van der Waals surface area (Å²) in [4.78, 5) is 10.9. The topological polar surface area (TPSA) is 26.3 Å². The number of carbonyl (C=O) groups is 1. The van der Waals surface area contributed by atoms with Gasteiger partial charge >= 0.3 is 0 Å². The second kappa shape index (κ2) is 4.01. The Kier molecular flexibility index (Phi) is 3.17. The van der Waals surface area contributed by atoms with Crippen LogP contribution in [0.25, 0.3) is 0 Å². The number of hydrogen-bond donors (Lipinski definition) is 0. The van der Waals surface area contributed by atoms with E-state index in [-0.39, 0.29) is 0 Å². The van der Waals surface area contributed by atoms with Crippen LogP contribution in [0.5, 0.6) is 5.75 Å². The number of benzene rings is 1. The number of carbonyl (C=O) groups excluding carboxylic acids is 1. The zero-order chi connectivity index (χ0) is 10.8. The van der Waals surface area contributed by atoms with Crippen LogP contribution in [0.1, 0.15) is 19.4 Å². The molecule has 0 spiro atoms. The summed E-state index contributed by atoms with van der Waals surface area (Å²) in [7, 11) is 1.55. The van der Waals surface area contributed by atoms with E-state index in [9.17, 15) is 4.79 Å². The Bertz CT molecular complexity index is 345. The van der Waals surface area contributed by atoms with E-state index in [0.717, 1.165) is 11.8 Å². The highest BCUT2D eigenvalue weighted by Crippen LogP contribution is 2.35. The van der Waals surface area contributed by atoms with Crippen LogP contribution in [0.4, 0.5) is 0 Å². The lowest BCUT2D eigenvalue weighted by Gasteiger charge is -2.21. The number of hydrogen-bond acceptors (Lipinski definition) is 2. The molecule has 1 rings (SSSR count). The van der Waals surface area contributed by atoms with Crippen LogP contribution in [-0.2, 0) is 10.2 Å². The van der Waals surface area contributed by atoms with Crippen LogP contribution in [0, 0.1) is 0 Å². The second-order valence-corrected chi connectivity index (χ2v) is 4.07. The summed E-state index contributed by atoms with van der Waals surface area (Å²) in [5.74, 6) is 0.575. The monoisotopic (exact) mass is 212 g/mol. The Morgan fingerprint density at radius 3 is 2.57 bits per heavy atom.